The molecule has 0 bridgehead atoms. The molecule has 2 aromatic rings. The molecule has 104 valence electrons. The Hall–Kier alpha value is -2.66. The van der Waals surface area contributed by atoms with Crippen LogP contribution in [0.4, 0.5) is 11.4 Å². The van der Waals surface area contributed by atoms with Crippen LogP contribution >= 0.6 is 0 Å². The van der Waals surface area contributed by atoms with Gasteiger partial charge in [-0.25, -0.2) is 0 Å². The van der Waals surface area contributed by atoms with Crippen LogP contribution in [0.15, 0.2) is 48.5 Å². The highest BCUT2D eigenvalue weighted by molar-refractivity contribution is 6.13. The van der Waals surface area contributed by atoms with Crippen LogP contribution in [-0.2, 0) is 15.2 Å². The zero-order chi connectivity index (χ0) is 14.6. The third-order valence-electron chi connectivity index (χ3n) is 4.14. The molecule has 2 aliphatic rings. The number of rotatable bonds is 0. The van der Waals surface area contributed by atoms with E-state index in [-0.39, 0.29) is 5.91 Å². The van der Waals surface area contributed by atoms with Gasteiger partial charge in [-0.2, -0.15) is 0 Å². The molecular formula is C16H12N2O3. The van der Waals surface area contributed by atoms with E-state index < -0.39 is 17.4 Å². The van der Waals surface area contributed by atoms with E-state index in [9.17, 15) is 14.7 Å². The summed E-state index contributed by atoms with van der Waals surface area (Å²) in [6.45, 7) is 0. The first-order valence-corrected chi connectivity index (χ1v) is 6.65. The largest absolute Gasteiger partial charge is 0.374 e. The number of hydrogen-bond acceptors (Lipinski definition) is 3. The van der Waals surface area contributed by atoms with Crippen molar-refractivity contribution in [2.24, 2.45) is 0 Å². The van der Waals surface area contributed by atoms with Gasteiger partial charge in [-0.15, -0.1) is 0 Å². The lowest BCUT2D eigenvalue weighted by Gasteiger charge is -2.43. The third kappa shape index (κ3) is 1.43. The molecule has 2 unspecified atom stereocenters. The van der Waals surface area contributed by atoms with Crippen LogP contribution < -0.4 is 10.6 Å². The van der Waals surface area contributed by atoms with E-state index in [1.165, 1.54) is 0 Å². The summed E-state index contributed by atoms with van der Waals surface area (Å²) in [6.07, 6.45) is 0. The van der Waals surface area contributed by atoms with Gasteiger partial charge >= 0.3 is 0 Å². The number of carbonyl (C=O) groups excluding carboxylic acids is 2. The zero-order valence-electron chi connectivity index (χ0n) is 11.0. The molecule has 5 heteroatoms. The fraction of sp³-hybridized carbons (Fsp3) is 0.125. The van der Waals surface area contributed by atoms with Crippen LogP contribution in [0.1, 0.15) is 17.0 Å². The molecule has 4 rings (SSSR count). The first-order chi connectivity index (χ1) is 10.1. The van der Waals surface area contributed by atoms with Gasteiger partial charge in [0.05, 0.1) is 0 Å². The Bertz CT molecular complexity index is 787. The number of amides is 2. The van der Waals surface area contributed by atoms with Crippen molar-refractivity contribution in [2.45, 2.75) is 11.5 Å². The topological polar surface area (TPSA) is 78.4 Å². The molecule has 0 saturated heterocycles. The van der Waals surface area contributed by atoms with E-state index in [0.29, 0.717) is 22.5 Å². The lowest BCUT2D eigenvalue weighted by atomic mass is 9.70. The predicted octanol–water partition coefficient (Wildman–Crippen LogP) is 1.56. The highest BCUT2D eigenvalue weighted by Crippen LogP contribution is 2.49. The second-order valence-electron chi connectivity index (χ2n) is 5.28. The number of carbonyl (C=O) groups is 2. The summed E-state index contributed by atoms with van der Waals surface area (Å²) < 4.78 is 0. The van der Waals surface area contributed by atoms with Gasteiger partial charge in [-0.1, -0.05) is 36.4 Å². The van der Waals surface area contributed by atoms with Crippen molar-refractivity contribution in [2.75, 3.05) is 10.6 Å². The molecule has 3 N–H and O–H groups in total. The average Bonchev–Trinajstić information content (AvgIpc) is 2.48. The van der Waals surface area contributed by atoms with Gasteiger partial charge in [0, 0.05) is 16.9 Å². The number of benzene rings is 2. The molecule has 5 nitrogen and oxygen atoms in total. The molecule has 0 spiro atoms. The second-order valence-corrected chi connectivity index (χ2v) is 5.28. The fourth-order valence-electron chi connectivity index (χ4n) is 3.17. The Kier molecular flexibility index (Phi) is 2.26. The first-order valence-electron chi connectivity index (χ1n) is 6.65. The van der Waals surface area contributed by atoms with Crippen molar-refractivity contribution >= 4 is 23.2 Å². The van der Waals surface area contributed by atoms with Gasteiger partial charge in [-0.3, -0.25) is 9.59 Å². The standard InChI is InChI=1S/C16H12N2O3/c19-14-13-9-5-1-3-7-11(9)18-15(20)16(13,21)10-6-2-4-8-12(10)17-14/h1-8,13,21H,(H,17,19)(H,18,20). The lowest BCUT2D eigenvalue weighted by molar-refractivity contribution is -0.145. The Morgan fingerprint density at radius 1 is 0.905 bits per heavy atom. The number of hydrogen-bond donors (Lipinski definition) is 3. The van der Waals surface area contributed by atoms with Crippen LogP contribution in [0.25, 0.3) is 0 Å². The van der Waals surface area contributed by atoms with E-state index in [0.717, 1.165) is 0 Å². The van der Waals surface area contributed by atoms with Gasteiger partial charge in [0.25, 0.3) is 5.91 Å². The van der Waals surface area contributed by atoms with E-state index in [1.54, 1.807) is 48.5 Å². The first kappa shape index (κ1) is 12.1. The summed E-state index contributed by atoms with van der Waals surface area (Å²) in [5.41, 5.74) is 0.184. The quantitative estimate of drug-likeness (QED) is 0.685. The molecule has 0 aromatic heterocycles. The van der Waals surface area contributed by atoms with Gasteiger partial charge < -0.3 is 15.7 Å². The summed E-state index contributed by atoms with van der Waals surface area (Å²) in [5.74, 6) is -1.90. The normalized spacial score (nSPS) is 26.0. The molecule has 0 saturated carbocycles. The van der Waals surface area contributed by atoms with Crippen LogP contribution in [0.2, 0.25) is 0 Å². The fourth-order valence-corrected chi connectivity index (χ4v) is 3.17. The third-order valence-corrected chi connectivity index (χ3v) is 4.14. The zero-order valence-corrected chi connectivity index (χ0v) is 11.0. The monoisotopic (exact) mass is 280 g/mol. The number of nitrogens with one attached hydrogen (secondary N) is 2. The smallest absolute Gasteiger partial charge is 0.262 e. The Morgan fingerprint density at radius 2 is 1.57 bits per heavy atom. The van der Waals surface area contributed by atoms with Gasteiger partial charge in [0.1, 0.15) is 5.92 Å². The van der Waals surface area contributed by atoms with E-state index >= 15 is 0 Å². The highest BCUT2D eigenvalue weighted by atomic mass is 16.3. The molecule has 0 aliphatic carbocycles. The molecule has 0 radical (unpaired) electrons. The molecule has 2 aliphatic heterocycles. The highest BCUT2D eigenvalue weighted by Gasteiger charge is 2.56. The minimum absolute atomic E-state index is 0.376. The van der Waals surface area contributed by atoms with Crippen molar-refractivity contribution in [3.63, 3.8) is 0 Å². The maximum absolute atomic E-state index is 12.5. The molecule has 2 atom stereocenters. The molecule has 21 heavy (non-hydrogen) atoms. The number of aliphatic hydroxyl groups is 1. The van der Waals surface area contributed by atoms with Crippen LogP contribution in [0.5, 0.6) is 0 Å². The second kappa shape index (κ2) is 3.93. The number of para-hydroxylation sites is 2. The van der Waals surface area contributed by atoms with Crippen LogP contribution in [0.3, 0.4) is 0 Å². The molecular weight excluding hydrogens is 268 g/mol. The summed E-state index contributed by atoms with van der Waals surface area (Å²) in [5, 5.41) is 16.5. The minimum atomic E-state index is -1.88. The van der Waals surface area contributed by atoms with Gasteiger partial charge in [0.15, 0.2) is 5.60 Å². The van der Waals surface area contributed by atoms with Crippen molar-refractivity contribution < 1.29 is 14.7 Å². The van der Waals surface area contributed by atoms with E-state index in [1.807, 2.05) is 0 Å². The number of anilines is 2. The average molecular weight is 280 g/mol. The molecule has 2 aromatic carbocycles. The summed E-state index contributed by atoms with van der Waals surface area (Å²) in [7, 11) is 0. The molecule has 0 fully saturated rings. The van der Waals surface area contributed by atoms with Gasteiger partial charge in [-0.05, 0) is 17.7 Å². The van der Waals surface area contributed by atoms with Gasteiger partial charge in [0.2, 0.25) is 5.91 Å². The molecule has 2 heterocycles. The Morgan fingerprint density at radius 3 is 2.38 bits per heavy atom. The predicted molar refractivity (Wildman–Crippen MR) is 76.8 cm³/mol. The van der Waals surface area contributed by atoms with Crippen LogP contribution in [-0.4, -0.2) is 16.9 Å². The Balaban J connectivity index is 2.03. The van der Waals surface area contributed by atoms with E-state index in [2.05, 4.69) is 10.6 Å². The summed E-state index contributed by atoms with van der Waals surface area (Å²) in [4.78, 5) is 24.9. The number of fused-ring (bicyclic) bond motifs is 5. The lowest BCUT2D eigenvalue weighted by Crippen LogP contribution is -2.55. The van der Waals surface area contributed by atoms with Crippen molar-refractivity contribution in [1.82, 2.24) is 0 Å². The summed E-state index contributed by atoms with van der Waals surface area (Å²) >= 11 is 0. The maximum atomic E-state index is 12.5. The van der Waals surface area contributed by atoms with Crippen molar-refractivity contribution in [3.8, 4) is 0 Å². The minimum Gasteiger partial charge on any atom is -0.374 e. The van der Waals surface area contributed by atoms with E-state index in [4.69, 9.17) is 0 Å². The maximum Gasteiger partial charge on any atom is 0.262 e. The SMILES string of the molecule is O=C1Nc2ccccc2C2(O)C(=O)Nc3ccccc3C12. The van der Waals surface area contributed by atoms with Crippen LogP contribution in [0, 0.1) is 0 Å². The summed E-state index contributed by atoms with van der Waals surface area (Å²) in [6, 6.07) is 13.8. The Labute approximate surface area is 120 Å². The van der Waals surface area contributed by atoms with Crippen molar-refractivity contribution in [1.29, 1.82) is 0 Å². The molecule has 2 amide bonds. The van der Waals surface area contributed by atoms with Crippen molar-refractivity contribution in [3.05, 3.63) is 59.7 Å².